The Kier molecular flexibility index (Phi) is 1.86. The standard InChI is InChI=1S/C12H9NO/c1-3-9-8(2)4-6-11-10(9)5-7-12(14)13-11/h1,4-7H,2H3,(H,13,14). The van der Waals surface area contributed by atoms with Gasteiger partial charge in [-0.2, -0.15) is 0 Å². The van der Waals surface area contributed by atoms with E-state index in [1.54, 1.807) is 6.07 Å². The lowest BCUT2D eigenvalue weighted by atomic mass is 10.0. The highest BCUT2D eigenvalue weighted by Crippen LogP contribution is 2.18. The molecule has 2 nitrogen and oxygen atoms in total. The van der Waals surface area contributed by atoms with Crippen molar-refractivity contribution in [1.29, 1.82) is 0 Å². The smallest absolute Gasteiger partial charge is 0.248 e. The molecular weight excluding hydrogens is 174 g/mol. The molecule has 0 aliphatic heterocycles. The number of H-pyrrole nitrogens is 1. The highest BCUT2D eigenvalue weighted by Gasteiger charge is 2.01. The van der Waals surface area contributed by atoms with Gasteiger partial charge < -0.3 is 4.98 Å². The topological polar surface area (TPSA) is 32.9 Å². The van der Waals surface area contributed by atoms with Crippen LogP contribution >= 0.6 is 0 Å². The van der Waals surface area contributed by atoms with Crippen molar-refractivity contribution in [1.82, 2.24) is 4.98 Å². The molecule has 1 aromatic heterocycles. The molecule has 68 valence electrons. The van der Waals surface area contributed by atoms with Crippen LogP contribution in [0.1, 0.15) is 11.1 Å². The van der Waals surface area contributed by atoms with Gasteiger partial charge in [0.1, 0.15) is 0 Å². The molecule has 0 spiro atoms. The normalized spacial score (nSPS) is 10.0. The maximum atomic E-state index is 11.1. The number of rotatable bonds is 0. The molecule has 2 rings (SSSR count). The molecule has 1 aromatic carbocycles. The molecule has 0 saturated carbocycles. The van der Waals surface area contributed by atoms with Crippen molar-refractivity contribution in [2.24, 2.45) is 0 Å². The fourth-order valence-electron chi connectivity index (χ4n) is 1.54. The predicted octanol–water partition coefficient (Wildman–Crippen LogP) is 1.82. The molecule has 0 aliphatic carbocycles. The zero-order valence-electron chi connectivity index (χ0n) is 7.79. The van der Waals surface area contributed by atoms with Crippen LogP contribution in [-0.2, 0) is 0 Å². The van der Waals surface area contributed by atoms with Crippen molar-refractivity contribution in [3.8, 4) is 12.3 Å². The Morgan fingerprint density at radius 2 is 2.07 bits per heavy atom. The number of aromatic amines is 1. The van der Waals surface area contributed by atoms with E-state index in [4.69, 9.17) is 6.42 Å². The van der Waals surface area contributed by atoms with E-state index in [2.05, 4.69) is 10.9 Å². The zero-order chi connectivity index (χ0) is 10.1. The summed E-state index contributed by atoms with van der Waals surface area (Å²) in [6.45, 7) is 1.96. The lowest BCUT2D eigenvalue weighted by Gasteiger charge is -2.03. The number of nitrogens with one attached hydrogen (secondary N) is 1. The SMILES string of the molecule is C#Cc1c(C)ccc2[nH]c(=O)ccc12. The summed E-state index contributed by atoms with van der Waals surface area (Å²) in [5.41, 5.74) is 2.58. The van der Waals surface area contributed by atoms with E-state index < -0.39 is 0 Å². The first-order valence-electron chi connectivity index (χ1n) is 4.31. The molecule has 2 aromatic rings. The Labute approximate surface area is 81.6 Å². The number of fused-ring (bicyclic) bond motifs is 1. The Hall–Kier alpha value is -2.01. The summed E-state index contributed by atoms with van der Waals surface area (Å²) in [6, 6.07) is 7.03. The first-order chi connectivity index (χ1) is 6.72. The van der Waals surface area contributed by atoms with Crippen molar-refractivity contribution < 1.29 is 0 Å². The molecule has 0 atom stereocenters. The third-order valence-corrected chi connectivity index (χ3v) is 2.26. The monoisotopic (exact) mass is 183 g/mol. The van der Waals surface area contributed by atoms with Crippen LogP contribution in [0.4, 0.5) is 0 Å². The summed E-state index contributed by atoms with van der Waals surface area (Å²) >= 11 is 0. The van der Waals surface area contributed by atoms with Crippen LogP contribution in [0.2, 0.25) is 0 Å². The van der Waals surface area contributed by atoms with Crippen molar-refractivity contribution in [2.75, 3.05) is 0 Å². The van der Waals surface area contributed by atoms with Crippen molar-refractivity contribution in [3.63, 3.8) is 0 Å². The molecular formula is C12H9NO. The average molecular weight is 183 g/mol. The van der Waals surface area contributed by atoms with Crippen molar-refractivity contribution >= 4 is 10.9 Å². The summed E-state index contributed by atoms with van der Waals surface area (Å²) < 4.78 is 0. The highest BCUT2D eigenvalue weighted by atomic mass is 16.1. The van der Waals surface area contributed by atoms with Crippen molar-refractivity contribution in [3.05, 3.63) is 45.7 Å². The van der Waals surface area contributed by atoms with Crippen LogP contribution in [0, 0.1) is 19.3 Å². The van der Waals surface area contributed by atoms with Crippen LogP contribution in [0.3, 0.4) is 0 Å². The molecule has 0 radical (unpaired) electrons. The van der Waals surface area contributed by atoms with Gasteiger partial charge in [0.25, 0.3) is 0 Å². The van der Waals surface area contributed by atoms with Crippen LogP contribution in [0.15, 0.2) is 29.1 Å². The summed E-state index contributed by atoms with van der Waals surface area (Å²) in [5, 5.41) is 0.923. The molecule has 0 fully saturated rings. The maximum Gasteiger partial charge on any atom is 0.248 e. The first-order valence-corrected chi connectivity index (χ1v) is 4.31. The number of hydrogen-bond acceptors (Lipinski definition) is 1. The van der Waals surface area contributed by atoms with Crippen LogP contribution in [0.25, 0.3) is 10.9 Å². The van der Waals surface area contributed by atoms with Crippen LogP contribution in [0.5, 0.6) is 0 Å². The second kappa shape index (κ2) is 3.04. The van der Waals surface area contributed by atoms with Gasteiger partial charge in [0.15, 0.2) is 0 Å². The molecule has 1 heterocycles. The molecule has 0 unspecified atom stereocenters. The quantitative estimate of drug-likeness (QED) is 0.621. The largest absolute Gasteiger partial charge is 0.322 e. The van der Waals surface area contributed by atoms with Crippen LogP contribution in [-0.4, -0.2) is 4.98 Å². The third kappa shape index (κ3) is 1.20. The lowest BCUT2D eigenvalue weighted by molar-refractivity contribution is 1.30. The Bertz CT molecular complexity index is 587. The molecule has 0 amide bonds. The zero-order valence-corrected chi connectivity index (χ0v) is 7.79. The van der Waals surface area contributed by atoms with Gasteiger partial charge in [0, 0.05) is 22.5 Å². The van der Waals surface area contributed by atoms with Gasteiger partial charge in [-0.25, -0.2) is 0 Å². The molecule has 0 saturated heterocycles. The summed E-state index contributed by atoms with van der Waals surface area (Å²) in [4.78, 5) is 13.8. The average Bonchev–Trinajstić information content (AvgIpc) is 2.18. The minimum atomic E-state index is -0.107. The van der Waals surface area contributed by atoms with E-state index in [9.17, 15) is 4.79 Å². The number of benzene rings is 1. The van der Waals surface area contributed by atoms with E-state index in [0.717, 1.165) is 22.0 Å². The van der Waals surface area contributed by atoms with Gasteiger partial charge in [0.05, 0.1) is 0 Å². The van der Waals surface area contributed by atoms with Gasteiger partial charge in [-0.3, -0.25) is 4.79 Å². The third-order valence-electron chi connectivity index (χ3n) is 2.26. The second-order valence-electron chi connectivity index (χ2n) is 3.19. The van der Waals surface area contributed by atoms with Crippen LogP contribution < -0.4 is 5.56 Å². The van der Waals surface area contributed by atoms with E-state index in [1.807, 2.05) is 19.1 Å². The Morgan fingerprint density at radius 3 is 2.79 bits per heavy atom. The fraction of sp³-hybridized carbons (Fsp3) is 0.0833. The Balaban J connectivity index is 2.97. The number of aromatic nitrogens is 1. The first kappa shape index (κ1) is 8.58. The maximum absolute atomic E-state index is 11.1. The highest BCUT2D eigenvalue weighted by molar-refractivity contribution is 5.86. The molecule has 0 aliphatic rings. The van der Waals surface area contributed by atoms with E-state index in [0.29, 0.717) is 0 Å². The fourth-order valence-corrected chi connectivity index (χ4v) is 1.54. The predicted molar refractivity (Wildman–Crippen MR) is 57.2 cm³/mol. The molecule has 2 heteroatoms. The number of aryl methyl sites for hydroxylation is 1. The van der Waals surface area contributed by atoms with E-state index >= 15 is 0 Å². The molecule has 0 bridgehead atoms. The minimum absolute atomic E-state index is 0.107. The molecule has 14 heavy (non-hydrogen) atoms. The summed E-state index contributed by atoms with van der Waals surface area (Å²) in [6.07, 6.45) is 5.41. The minimum Gasteiger partial charge on any atom is -0.322 e. The van der Waals surface area contributed by atoms with Gasteiger partial charge in [-0.05, 0) is 24.6 Å². The lowest BCUT2D eigenvalue weighted by Crippen LogP contribution is -2.03. The van der Waals surface area contributed by atoms with E-state index in [-0.39, 0.29) is 5.56 Å². The van der Waals surface area contributed by atoms with Gasteiger partial charge in [0.2, 0.25) is 5.56 Å². The summed E-state index contributed by atoms with van der Waals surface area (Å²) in [7, 11) is 0. The van der Waals surface area contributed by atoms with Crippen molar-refractivity contribution in [2.45, 2.75) is 6.92 Å². The summed E-state index contributed by atoms with van der Waals surface area (Å²) in [5.74, 6) is 2.64. The van der Waals surface area contributed by atoms with Gasteiger partial charge in [-0.15, -0.1) is 6.42 Å². The Morgan fingerprint density at radius 1 is 1.29 bits per heavy atom. The molecule has 1 N–H and O–H groups in total. The second-order valence-corrected chi connectivity index (χ2v) is 3.19. The van der Waals surface area contributed by atoms with E-state index in [1.165, 1.54) is 6.07 Å². The number of hydrogen-bond donors (Lipinski definition) is 1. The van der Waals surface area contributed by atoms with Gasteiger partial charge >= 0.3 is 0 Å². The number of pyridine rings is 1. The number of terminal acetylenes is 1. The van der Waals surface area contributed by atoms with Gasteiger partial charge in [-0.1, -0.05) is 12.0 Å².